The molecule has 0 spiro atoms. The number of rotatable bonds is 1. The Morgan fingerprint density at radius 2 is 2.25 bits per heavy atom. The van der Waals surface area contributed by atoms with Crippen molar-refractivity contribution >= 4 is 26.8 Å². The number of fused-ring (bicyclic) bond motifs is 1. The van der Waals surface area contributed by atoms with Crippen LogP contribution in [-0.2, 0) is 0 Å². The van der Waals surface area contributed by atoms with Crippen LogP contribution in [0.2, 0.25) is 0 Å². The van der Waals surface area contributed by atoms with Crippen molar-refractivity contribution in [2.24, 2.45) is 0 Å². The van der Waals surface area contributed by atoms with E-state index >= 15 is 0 Å². The van der Waals surface area contributed by atoms with Gasteiger partial charge in [0.05, 0.1) is 0 Å². The highest BCUT2D eigenvalue weighted by atomic mass is 79.9. The summed E-state index contributed by atoms with van der Waals surface area (Å²) in [5.74, 6) is 0.646. The van der Waals surface area contributed by atoms with Crippen molar-refractivity contribution in [1.82, 2.24) is 10.3 Å². The molecule has 0 bridgehead atoms. The molecule has 1 aromatic heterocycles. The lowest BCUT2D eigenvalue weighted by molar-refractivity contribution is 0.456. The van der Waals surface area contributed by atoms with E-state index in [1.807, 2.05) is 0 Å². The average Bonchev–Trinajstić information content (AvgIpc) is 2.76. The molecule has 0 aliphatic carbocycles. The van der Waals surface area contributed by atoms with Crippen molar-refractivity contribution in [2.75, 3.05) is 13.1 Å². The van der Waals surface area contributed by atoms with Gasteiger partial charge >= 0.3 is 0 Å². The molecule has 16 heavy (non-hydrogen) atoms. The average molecular weight is 279 g/mol. The van der Waals surface area contributed by atoms with E-state index in [1.165, 1.54) is 40.5 Å². The van der Waals surface area contributed by atoms with Crippen molar-refractivity contribution in [3.8, 4) is 0 Å². The molecule has 2 heterocycles. The molecule has 1 aliphatic heterocycles. The Hall–Kier alpha value is -0.800. The van der Waals surface area contributed by atoms with Gasteiger partial charge in [-0.05, 0) is 37.6 Å². The summed E-state index contributed by atoms with van der Waals surface area (Å²) in [5.41, 5.74) is 2.60. The lowest BCUT2D eigenvalue weighted by atomic mass is 9.96. The molecular weight excluding hydrogens is 264 g/mol. The zero-order valence-electron chi connectivity index (χ0n) is 9.09. The van der Waals surface area contributed by atoms with Crippen LogP contribution in [-0.4, -0.2) is 18.1 Å². The number of aromatic nitrogens is 1. The van der Waals surface area contributed by atoms with E-state index in [1.54, 1.807) is 0 Å². The summed E-state index contributed by atoms with van der Waals surface area (Å²) >= 11 is 3.60. The van der Waals surface area contributed by atoms with Gasteiger partial charge in [0.25, 0.3) is 0 Å². The normalized spacial score (nSPS) is 21.4. The van der Waals surface area contributed by atoms with E-state index in [0.717, 1.165) is 6.54 Å². The van der Waals surface area contributed by atoms with Crippen molar-refractivity contribution in [3.63, 3.8) is 0 Å². The third-order valence-corrected chi connectivity index (χ3v) is 4.06. The summed E-state index contributed by atoms with van der Waals surface area (Å²) in [6.45, 7) is 2.27. The molecule has 0 amide bonds. The second-order valence-corrected chi connectivity index (χ2v) is 5.32. The number of piperidine rings is 1. The molecule has 2 nitrogen and oxygen atoms in total. The Morgan fingerprint density at radius 3 is 3.00 bits per heavy atom. The minimum Gasteiger partial charge on any atom is -0.358 e. The zero-order valence-corrected chi connectivity index (χ0v) is 10.7. The van der Waals surface area contributed by atoms with Gasteiger partial charge in [-0.3, -0.25) is 0 Å². The van der Waals surface area contributed by atoms with E-state index < -0.39 is 0 Å². The Labute approximate surface area is 104 Å². The Bertz CT molecular complexity index is 498. The number of H-pyrrole nitrogens is 1. The first kappa shape index (κ1) is 10.4. The molecule has 1 saturated heterocycles. The van der Waals surface area contributed by atoms with Gasteiger partial charge in [0.15, 0.2) is 0 Å². The minimum atomic E-state index is 0.646. The van der Waals surface area contributed by atoms with Crippen LogP contribution in [0.1, 0.15) is 24.5 Å². The molecule has 1 aromatic carbocycles. The number of halogens is 1. The van der Waals surface area contributed by atoms with E-state index in [4.69, 9.17) is 0 Å². The van der Waals surface area contributed by atoms with Crippen molar-refractivity contribution < 1.29 is 0 Å². The molecule has 1 aliphatic rings. The quantitative estimate of drug-likeness (QED) is 0.822. The van der Waals surface area contributed by atoms with Crippen molar-refractivity contribution in [3.05, 3.63) is 34.4 Å². The molecule has 3 rings (SSSR count). The predicted octanol–water partition coefficient (Wildman–Crippen LogP) is 3.40. The maximum Gasteiger partial charge on any atom is 0.0467 e. The fourth-order valence-electron chi connectivity index (χ4n) is 2.48. The smallest absolute Gasteiger partial charge is 0.0467 e. The van der Waals surface area contributed by atoms with E-state index in [-0.39, 0.29) is 0 Å². The summed E-state index contributed by atoms with van der Waals surface area (Å²) in [6.07, 6.45) is 2.57. The van der Waals surface area contributed by atoms with Crippen LogP contribution in [0.5, 0.6) is 0 Å². The molecule has 2 N–H and O–H groups in total. The molecule has 0 radical (unpaired) electrons. The summed E-state index contributed by atoms with van der Waals surface area (Å²) in [5, 5.41) is 4.76. The maximum atomic E-state index is 3.60. The molecule has 84 valence electrons. The van der Waals surface area contributed by atoms with Gasteiger partial charge in [-0.25, -0.2) is 0 Å². The highest BCUT2D eigenvalue weighted by molar-refractivity contribution is 9.10. The molecule has 1 unspecified atom stereocenters. The van der Waals surface area contributed by atoms with Crippen LogP contribution in [0, 0.1) is 0 Å². The summed E-state index contributed by atoms with van der Waals surface area (Å²) in [6, 6.07) is 8.60. The third kappa shape index (κ3) is 1.78. The molecule has 0 saturated carbocycles. The number of aromatic amines is 1. The van der Waals surface area contributed by atoms with E-state index in [9.17, 15) is 0 Å². The largest absolute Gasteiger partial charge is 0.358 e. The van der Waals surface area contributed by atoms with Gasteiger partial charge in [0.2, 0.25) is 0 Å². The molecule has 2 aromatic rings. The molecule has 3 heteroatoms. The van der Waals surface area contributed by atoms with Gasteiger partial charge in [0.1, 0.15) is 0 Å². The Kier molecular flexibility index (Phi) is 2.74. The molecule has 1 atom stereocenters. The van der Waals surface area contributed by atoms with E-state index in [2.05, 4.69) is 50.5 Å². The van der Waals surface area contributed by atoms with Crippen LogP contribution < -0.4 is 5.32 Å². The number of nitrogens with one attached hydrogen (secondary N) is 2. The fraction of sp³-hybridized carbons (Fsp3) is 0.385. The first-order valence-electron chi connectivity index (χ1n) is 5.82. The van der Waals surface area contributed by atoms with Crippen LogP contribution in [0.3, 0.4) is 0 Å². The van der Waals surface area contributed by atoms with Gasteiger partial charge in [0, 0.05) is 33.5 Å². The van der Waals surface area contributed by atoms with Crippen LogP contribution in [0.15, 0.2) is 28.7 Å². The molecular formula is C13H15BrN2. The maximum absolute atomic E-state index is 3.60. The number of benzene rings is 1. The number of hydrogen-bond donors (Lipinski definition) is 2. The van der Waals surface area contributed by atoms with Gasteiger partial charge in [-0.15, -0.1) is 0 Å². The van der Waals surface area contributed by atoms with Crippen LogP contribution in [0.25, 0.3) is 10.9 Å². The van der Waals surface area contributed by atoms with Crippen LogP contribution in [0.4, 0.5) is 0 Å². The summed E-state index contributed by atoms with van der Waals surface area (Å²) in [7, 11) is 0. The summed E-state index contributed by atoms with van der Waals surface area (Å²) in [4.78, 5) is 3.54. The van der Waals surface area contributed by atoms with Crippen LogP contribution >= 0.6 is 15.9 Å². The Balaban J connectivity index is 2.01. The monoisotopic (exact) mass is 278 g/mol. The van der Waals surface area contributed by atoms with Crippen molar-refractivity contribution in [1.29, 1.82) is 0 Å². The van der Waals surface area contributed by atoms with Gasteiger partial charge in [-0.1, -0.05) is 22.0 Å². The highest BCUT2D eigenvalue weighted by Crippen LogP contribution is 2.29. The topological polar surface area (TPSA) is 27.8 Å². The van der Waals surface area contributed by atoms with Crippen molar-refractivity contribution in [2.45, 2.75) is 18.8 Å². The first-order valence-corrected chi connectivity index (χ1v) is 6.62. The Morgan fingerprint density at radius 1 is 1.31 bits per heavy atom. The van der Waals surface area contributed by atoms with Gasteiger partial charge in [-0.2, -0.15) is 0 Å². The lowest BCUT2D eigenvalue weighted by Gasteiger charge is -2.21. The minimum absolute atomic E-state index is 0.646. The highest BCUT2D eigenvalue weighted by Gasteiger charge is 2.17. The third-order valence-electron chi connectivity index (χ3n) is 3.37. The predicted molar refractivity (Wildman–Crippen MR) is 70.8 cm³/mol. The SMILES string of the molecule is Brc1cccc2[nH]c(C3CCCNC3)cc12. The number of hydrogen-bond acceptors (Lipinski definition) is 1. The lowest BCUT2D eigenvalue weighted by Crippen LogP contribution is -2.28. The molecule has 1 fully saturated rings. The zero-order chi connectivity index (χ0) is 11.0. The second-order valence-electron chi connectivity index (χ2n) is 4.47. The fourth-order valence-corrected chi connectivity index (χ4v) is 2.96. The van der Waals surface area contributed by atoms with E-state index in [0.29, 0.717) is 5.92 Å². The summed E-state index contributed by atoms with van der Waals surface area (Å²) < 4.78 is 1.18. The van der Waals surface area contributed by atoms with Gasteiger partial charge < -0.3 is 10.3 Å². The first-order chi connectivity index (χ1) is 7.84. The standard InChI is InChI=1S/C13H15BrN2/c14-11-4-1-5-12-10(11)7-13(16-12)9-3-2-6-15-8-9/h1,4-5,7,9,15-16H,2-3,6,8H2. The second kappa shape index (κ2) is 4.22.